The number of amides is 1. The topological polar surface area (TPSA) is 91.9 Å². The number of nitrogens with zero attached hydrogens (tertiary/aromatic N) is 1. The maximum atomic E-state index is 12.5. The minimum absolute atomic E-state index is 0.177. The van der Waals surface area contributed by atoms with E-state index in [9.17, 15) is 13.2 Å². The van der Waals surface area contributed by atoms with Crippen LogP contribution in [0.1, 0.15) is 16.1 Å². The first-order valence-corrected chi connectivity index (χ1v) is 9.95. The average molecular weight is 390 g/mol. The molecule has 8 heteroatoms. The number of hydrogen-bond acceptors (Lipinski definition) is 4. The number of carbonyl (C=O) groups is 1. The SMILES string of the molecule is Cc1c(NC(=O)c2cc(-c3ccccc3Cl)n[nH]2)cccc1S(C)(=O)=O. The van der Waals surface area contributed by atoms with Crippen molar-refractivity contribution in [3.8, 4) is 11.3 Å². The second-order valence-corrected chi connectivity index (χ2v) is 8.19. The summed E-state index contributed by atoms with van der Waals surface area (Å²) in [4.78, 5) is 12.7. The van der Waals surface area contributed by atoms with E-state index in [-0.39, 0.29) is 10.6 Å². The number of rotatable bonds is 4. The molecule has 26 heavy (non-hydrogen) atoms. The fourth-order valence-corrected chi connectivity index (χ4v) is 3.81. The van der Waals surface area contributed by atoms with Crippen molar-refractivity contribution in [3.05, 3.63) is 64.8 Å². The van der Waals surface area contributed by atoms with E-state index >= 15 is 0 Å². The Morgan fingerprint density at radius 3 is 2.58 bits per heavy atom. The van der Waals surface area contributed by atoms with Gasteiger partial charge in [0.1, 0.15) is 5.69 Å². The number of carbonyl (C=O) groups excluding carboxylic acids is 1. The van der Waals surface area contributed by atoms with E-state index in [0.29, 0.717) is 27.5 Å². The first kappa shape index (κ1) is 18.2. The lowest BCUT2D eigenvalue weighted by atomic mass is 10.1. The zero-order chi connectivity index (χ0) is 18.9. The number of benzene rings is 2. The monoisotopic (exact) mass is 389 g/mol. The number of H-pyrrole nitrogens is 1. The Balaban J connectivity index is 1.88. The van der Waals surface area contributed by atoms with E-state index in [1.54, 1.807) is 37.3 Å². The molecule has 0 aliphatic carbocycles. The standard InChI is InChI=1S/C18H16ClN3O3S/c1-11-14(8-5-9-17(11)26(2,24)25)20-18(23)16-10-15(21-22-16)12-6-3-4-7-13(12)19/h3-10H,1-2H3,(H,20,23)(H,21,22). The maximum absolute atomic E-state index is 12.5. The summed E-state index contributed by atoms with van der Waals surface area (Å²) in [5.74, 6) is -0.426. The van der Waals surface area contributed by atoms with Crippen LogP contribution in [0.2, 0.25) is 5.02 Å². The second kappa shape index (κ2) is 6.93. The molecule has 0 aliphatic heterocycles. The van der Waals surface area contributed by atoms with Gasteiger partial charge in [0.05, 0.1) is 15.6 Å². The third-order valence-corrected chi connectivity index (χ3v) is 5.47. The number of halogens is 1. The number of aromatic amines is 1. The molecular formula is C18H16ClN3O3S. The van der Waals surface area contributed by atoms with Crippen LogP contribution in [0.25, 0.3) is 11.3 Å². The van der Waals surface area contributed by atoms with Crippen LogP contribution in [0.3, 0.4) is 0 Å². The van der Waals surface area contributed by atoms with Crippen LogP contribution in [0.5, 0.6) is 0 Å². The molecule has 0 bridgehead atoms. The molecule has 0 aliphatic rings. The van der Waals surface area contributed by atoms with Crippen LogP contribution in [0.4, 0.5) is 5.69 Å². The lowest BCUT2D eigenvalue weighted by Gasteiger charge is -2.10. The fraction of sp³-hybridized carbons (Fsp3) is 0.111. The van der Waals surface area contributed by atoms with Gasteiger partial charge in [-0.1, -0.05) is 35.9 Å². The molecule has 2 N–H and O–H groups in total. The lowest BCUT2D eigenvalue weighted by molar-refractivity contribution is 0.102. The summed E-state index contributed by atoms with van der Waals surface area (Å²) in [6, 6.07) is 13.5. The van der Waals surface area contributed by atoms with Gasteiger partial charge < -0.3 is 5.32 Å². The number of hydrogen-bond donors (Lipinski definition) is 2. The van der Waals surface area contributed by atoms with Gasteiger partial charge in [-0.2, -0.15) is 5.10 Å². The van der Waals surface area contributed by atoms with Crippen molar-refractivity contribution in [2.45, 2.75) is 11.8 Å². The van der Waals surface area contributed by atoms with Gasteiger partial charge in [-0.25, -0.2) is 8.42 Å². The normalized spacial score (nSPS) is 11.3. The molecule has 3 aromatic rings. The van der Waals surface area contributed by atoms with Crippen molar-refractivity contribution in [3.63, 3.8) is 0 Å². The summed E-state index contributed by atoms with van der Waals surface area (Å²) in [6.45, 7) is 1.65. The van der Waals surface area contributed by atoms with Crippen molar-refractivity contribution >= 4 is 33.0 Å². The van der Waals surface area contributed by atoms with E-state index in [1.807, 2.05) is 12.1 Å². The van der Waals surface area contributed by atoms with Crippen LogP contribution < -0.4 is 5.32 Å². The third-order valence-electron chi connectivity index (χ3n) is 3.90. The summed E-state index contributed by atoms with van der Waals surface area (Å²) in [5.41, 5.74) is 2.40. The van der Waals surface area contributed by atoms with Crippen molar-refractivity contribution in [1.82, 2.24) is 10.2 Å². The molecule has 0 fully saturated rings. The molecule has 0 radical (unpaired) electrons. The Bertz CT molecular complexity index is 1090. The molecule has 1 amide bonds. The Hall–Kier alpha value is -2.64. The molecule has 0 spiro atoms. The minimum atomic E-state index is -3.38. The highest BCUT2D eigenvalue weighted by Crippen LogP contribution is 2.27. The number of anilines is 1. The lowest BCUT2D eigenvalue weighted by Crippen LogP contribution is -2.14. The van der Waals surface area contributed by atoms with Crippen LogP contribution >= 0.6 is 11.6 Å². The summed E-state index contributed by atoms with van der Waals surface area (Å²) in [5, 5.41) is 10.0. The molecule has 134 valence electrons. The van der Waals surface area contributed by atoms with Crippen LogP contribution in [-0.4, -0.2) is 30.8 Å². The number of aromatic nitrogens is 2. The van der Waals surface area contributed by atoms with Gasteiger partial charge in [0.25, 0.3) is 5.91 Å². The first-order chi connectivity index (χ1) is 12.3. The van der Waals surface area contributed by atoms with Crippen molar-refractivity contribution in [1.29, 1.82) is 0 Å². The van der Waals surface area contributed by atoms with Gasteiger partial charge >= 0.3 is 0 Å². The highest BCUT2D eigenvalue weighted by molar-refractivity contribution is 7.90. The quantitative estimate of drug-likeness (QED) is 0.711. The van der Waals surface area contributed by atoms with Crippen molar-refractivity contribution < 1.29 is 13.2 Å². The van der Waals surface area contributed by atoms with Gasteiger partial charge in [0, 0.05) is 17.5 Å². The van der Waals surface area contributed by atoms with E-state index in [0.717, 1.165) is 6.26 Å². The highest BCUT2D eigenvalue weighted by atomic mass is 35.5. The molecule has 6 nitrogen and oxygen atoms in total. The Labute approximate surface area is 156 Å². The molecule has 3 rings (SSSR count). The number of sulfone groups is 1. The molecule has 1 aromatic heterocycles. The fourth-order valence-electron chi connectivity index (χ4n) is 2.59. The highest BCUT2D eigenvalue weighted by Gasteiger charge is 2.17. The van der Waals surface area contributed by atoms with E-state index in [4.69, 9.17) is 11.6 Å². The Morgan fingerprint density at radius 2 is 1.88 bits per heavy atom. The summed E-state index contributed by atoms with van der Waals surface area (Å²) < 4.78 is 23.6. The molecule has 0 saturated carbocycles. The summed E-state index contributed by atoms with van der Waals surface area (Å²) in [7, 11) is -3.38. The Kier molecular flexibility index (Phi) is 4.84. The molecule has 0 unspecified atom stereocenters. The van der Waals surface area contributed by atoms with Crippen LogP contribution in [0, 0.1) is 6.92 Å². The predicted octanol–water partition coefficient (Wildman–Crippen LogP) is 3.69. The van der Waals surface area contributed by atoms with Gasteiger partial charge in [0.15, 0.2) is 9.84 Å². The van der Waals surface area contributed by atoms with E-state index in [1.165, 1.54) is 6.07 Å². The molecular weight excluding hydrogens is 374 g/mol. The summed E-state index contributed by atoms with van der Waals surface area (Å²) in [6.07, 6.45) is 1.13. The van der Waals surface area contributed by atoms with E-state index in [2.05, 4.69) is 15.5 Å². The largest absolute Gasteiger partial charge is 0.320 e. The molecule has 0 atom stereocenters. The zero-order valence-electron chi connectivity index (χ0n) is 14.1. The summed E-state index contributed by atoms with van der Waals surface area (Å²) >= 11 is 6.15. The first-order valence-electron chi connectivity index (χ1n) is 7.68. The maximum Gasteiger partial charge on any atom is 0.273 e. The van der Waals surface area contributed by atoms with Crippen molar-refractivity contribution in [2.75, 3.05) is 11.6 Å². The van der Waals surface area contributed by atoms with Crippen molar-refractivity contribution in [2.24, 2.45) is 0 Å². The second-order valence-electron chi connectivity index (χ2n) is 5.80. The third kappa shape index (κ3) is 3.63. The minimum Gasteiger partial charge on any atom is -0.320 e. The molecule has 2 aromatic carbocycles. The van der Waals surface area contributed by atoms with Gasteiger partial charge in [-0.15, -0.1) is 0 Å². The van der Waals surface area contributed by atoms with Gasteiger partial charge in [-0.3, -0.25) is 9.89 Å². The van der Waals surface area contributed by atoms with Gasteiger partial charge in [0.2, 0.25) is 0 Å². The van der Waals surface area contributed by atoms with Crippen LogP contribution in [0.15, 0.2) is 53.4 Å². The molecule has 0 saturated heterocycles. The van der Waals surface area contributed by atoms with Crippen LogP contribution in [-0.2, 0) is 9.84 Å². The smallest absolute Gasteiger partial charge is 0.273 e. The predicted molar refractivity (Wildman–Crippen MR) is 101 cm³/mol. The molecule has 1 heterocycles. The van der Waals surface area contributed by atoms with E-state index < -0.39 is 15.7 Å². The Morgan fingerprint density at radius 1 is 1.15 bits per heavy atom. The zero-order valence-corrected chi connectivity index (χ0v) is 15.6. The number of nitrogens with one attached hydrogen (secondary N) is 2. The average Bonchev–Trinajstić information content (AvgIpc) is 3.06. The van der Waals surface area contributed by atoms with Gasteiger partial charge in [-0.05, 0) is 36.8 Å².